The third-order valence-electron chi connectivity index (χ3n) is 4.86. The SMILES string of the molecule is COc1cc(Nc2ncnc3c2cnn3Cc2ccccc2)ccc1NC(=O)C(C)C. The largest absolute Gasteiger partial charge is 0.494 e. The number of nitrogens with one attached hydrogen (secondary N) is 2. The topological polar surface area (TPSA) is 94.0 Å². The number of nitrogens with zero attached hydrogens (tertiary/aromatic N) is 4. The molecule has 31 heavy (non-hydrogen) atoms. The van der Waals surface area contributed by atoms with Crippen molar-refractivity contribution < 1.29 is 9.53 Å². The zero-order valence-electron chi connectivity index (χ0n) is 17.7. The van der Waals surface area contributed by atoms with Crippen molar-refractivity contribution in [1.29, 1.82) is 0 Å². The van der Waals surface area contributed by atoms with Crippen LogP contribution in [0.2, 0.25) is 0 Å². The molecule has 0 aliphatic rings. The number of hydrogen-bond acceptors (Lipinski definition) is 6. The Hall–Kier alpha value is -3.94. The Kier molecular flexibility index (Phi) is 5.79. The van der Waals surface area contributed by atoms with Crippen molar-refractivity contribution in [3.8, 4) is 5.75 Å². The summed E-state index contributed by atoms with van der Waals surface area (Å²) in [5.74, 6) is 1.01. The Balaban J connectivity index is 1.59. The zero-order valence-corrected chi connectivity index (χ0v) is 17.7. The summed E-state index contributed by atoms with van der Waals surface area (Å²) in [7, 11) is 1.57. The van der Waals surface area contributed by atoms with Gasteiger partial charge in [-0.3, -0.25) is 4.79 Å². The summed E-state index contributed by atoms with van der Waals surface area (Å²) in [5.41, 5.74) is 3.28. The zero-order chi connectivity index (χ0) is 21.8. The van der Waals surface area contributed by atoms with Crippen LogP contribution in [0.5, 0.6) is 5.75 Å². The second-order valence-corrected chi connectivity index (χ2v) is 7.43. The summed E-state index contributed by atoms with van der Waals surface area (Å²) < 4.78 is 7.31. The average Bonchev–Trinajstić information content (AvgIpc) is 3.19. The Morgan fingerprint density at radius 1 is 1.13 bits per heavy atom. The van der Waals surface area contributed by atoms with Gasteiger partial charge in [-0.05, 0) is 17.7 Å². The molecule has 0 aliphatic carbocycles. The highest BCUT2D eigenvalue weighted by Crippen LogP contribution is 2.31. The van der Waals surface area contributed by atoms with Crippen LogP contribution < -0.4 is 15.4 Å². The first kappa shape index (κ1) is 20.3. The van der Waals surface area contributed by atoms with Crippen LogP contribution in [-0.2, 0) is 11.3 Å². The molecule has 158 valence electrons. The average molecular weight is 416 g/mol. The predicted octanol–water partition coefficient (Wildman–Crippen LogP) is 4.22. The van der Waals surface area contributed by atoms with E-state index in [2.05, 4.69) is 37.8 Å². The molecule has 8 heteroatoms. The van der Waals surface area contributed by atoms with Crippen LogP contribution in [0.4, 0.5) is 17.2 Å². The monoisotopic (exact) mass is 416 g/mol. The highest BCUT2D eigenvalue weighted by Gasteiger charge is 2.14. The van der Waals surface area contributed by atoms with Gasteiger partial charge < -0.3 is 15.4 Å². The van der Waals surface area contributed by atoms with Crippen LogP contribution >= 0.6 is 0 Å². The number of rotatable bonds is 7. The number of carbonyl (C=O) groups excluding carboxylic acids is 1. The number of anilines is 3. The number of fused-ring (bicyclic) bond motifs is 1. The molecule has 0 fully saturated rings. The maximum atomic E-state index is 12.0. The number of benzene rings is 2. The standard InChI is InChI=1S/C23H24N6O2/c1-15(2)23(30)28-19-10-9-17(11-20(19)31-3)27-21-18-12-26-29(22(18)25-14-24-21)13-16-7-5-4-6-8-16/h4-12,14-15H,13H2,1-3H3,(H,28,30)(H,24,25,27). The summed E-state index contributed by atoms with van der Waals surface area (Å²) in [6, 6.07) is 15.6. The third kappa shape index (κ3) is 4.48. The van der Waals surface area contributed by atoms with Crippen molar-refractivity contribution in [3.05, 3.63) is 66.6 Å². The lowest BCUT2D eigenvalue weighted by molar-refractivity contribution is -0.118. The molecule has 2 N–H and O–H groups in total. The smallest absolute Gasteiger partial charge is 0.227 e. The van der Waals surface area contributed by atoms with Crippen molar-refractivity contribution in [2.75, 3.05) is 17.7 Å². The molecule has 0 saturated carbocycles. The fraction of sp³-hybridized carbons (Fsp3) is 0.217. The molecule has 0 unspecified atom stereocenters. The first-order chi connectivity index (χ1) is 15.0. The molecule has 0 atom stereocenters. The fourth-order valence-corrected chi connectivity index (χ4v) is 3.15. The van der Waals surface area contributed by atoms with Crippen LogP contribution in [0.25, 0.3) is 11.0 Å². The molecule has 0 saturated heterocycles. The van der Waals surface area contributed by atoms with Crippen LogP contribution in [0.3, 0.4) is 0 Å². The molecule has 0 spiro atoms. The van der Waals surface area contributed by atoms with Gasteiger partial charge in [-0.1, -0.05) is 44.2 Å². The maximum absolute atomic E-state index is 12.0. The Morgan fingerprint density at radius 3 is 2.68 bits per heavy atom. The van der Waals surface area contributed by atoms with Gasteiger partial charge in [-0.2, -0.15) is 5.10 Å². The Labute approximate surface area is 180 Å². The second-order valence-electron chi connectivity index (χ2n) is 7.43. The molecule has 2 heterocycles. The lowest BCUT2D eigenvalue weighted by Gasteiger charge is -2.14. The van der Waals surface area contributed by atoms with E-state index in [1.165, 1.54) is 6.33 Å². The second kappa shape index (κ2) is 8.83. The van der Waals surface area contributed by atoms with Crippen molar-refractivity contribution in [1.82, 2.24) is 19.7 Å². The van der Waals surface area contributed by atoms with Gasteiger partial charge >= 0.3 is 0 Å². The molecule has 0 radical (unpaired) electrons. The molecule has 2 aromatic heterocycles. The molecule has 0 aliphatic heterocycles. The summed E-state index contributed by atoms with van der Waals surface area (Å²) in [6.45, 7) is 4.31. The lowest BCUT2D eigenvalue weighted by Crippen LogP contribution is -2.18. The van der Waals surface area contributed by atoms with Gasteiger partial charge in [-0.15, -0.1) is 0 Å². The number of methoxy groups -OCH3 is 1. The van der Waals surface area contributed by atoms with E-state index >= 15 is 0 Å². The number of hydrogen-bond donors (Lipinski definition) is 2. The van der Waals surface area contributed by atoms with Crippen molar-refractivity contribution in [2.45, 2.75) is 20.4 Å². The highest BCUT2D eigenvalue weighted by atomic mass is 16.5. The minimum atomic E-state index is -0.121. The van der Waals surface area contributed by atoms with E-state index in [0.717, 1.165) is 22.3 Å². The number of aromatic nitrogens is 4. The van der Waals surface area contributed by atoms with Gasteiger partial charge in [0, 0.05) is 17.7 Å². The lowest BCUT2D eigenvalue weighted by atomic mass is 10.2. The van der Waals surface area contributed by atoms with Crippen LogP contribution in [-0.4, -0.2) is 32.8 Å². The van der Waals surface area contributed by atoms with E-state index < -0.39 is 0 Å². The van der Waals surface area contributed by atoms with Gasteiger partial charge in [-0.25, -0.2) is 14.6 Å². The van der Waals surface area contributed by atoms with E-state index in [9.17, 15) is 4.79 Å². The summed E-state index contributed by atoms with van der Waals surface area (Å²) in [5, 5.41) is 11.5. The minimum absolute atomic E-state index is 0.0673. The van der Waals surface area contributed by atoms with Crippen molar-refractivity contribution >= 4 is 34.1 Å². The molecule has 0 bridgehead atoms. The van der Waals surface area contributed by atoms with E-state index in [1.54, 1.807) is 19.4 Å². The highest BCUT2D eigenvalue weighted by molar-refractivity contribution is 5.94. The maximum Gasteiger partial charge on any atom is 0.227 e. The summed E-state index contributed by atoms with van der Waals surface area (Å²) in [4.78, 5) is 20.8. The van der Waals surface area contributed by atoms with Gasteiger partial charge in [0.25, 0.3) is 0 Å². The molecule has 4 rings (SSSR count). The first-order valence-corrected chi connectivity index (χ1v) is 10.0. The quantitative estimate of drug-likeness (QED) is 0.468. The summed E-state index contributed by atoms with van der Waals surface area (Å²) in [6.07, 6.45) is 3.28. The predicted molar refractivity (Wildman–Crippen MR) is 121 cm³/mol. The molecule has 4 aromatic rings. The molecular formula is C23H24N6O2. The van der Waals surface area contributed by atoms with Gasteiger partial charge in [0.1, 0.15) is 17.9 Å². The third-order valence-corrected chi connectivity index (χ3v) is 4.86. The van der Waals surface area contributed by atoms with E-state index in [1.807, 2.05) is 48.9 Å². The normalized spacial score (nSPS) is 11.0. The Bertz CT molecular complexity index is 1200. The van der Waals surface area contributed by atoms with Crippen molar-refractivity contribution in [3.63, 3.8) is 0 Å². The van der Waals surface area contributed by atoms with Crippen LogP contribution in [0.1, 0.15) is 19.4 Å². The van der Waals surface area contributed by atoms with E-state index in [4.69, 9.17) is 4.74 Å². The van der Waals surface area contributed by atoms with Gasteiger partial charge in [0.05, 0.1) is 30.9 Å². The van der Waals surface area contributed by atoms with Crippen LogP contribution in [0, 0.1) is 5.92 Å². The number of carbonyl (C=O) groups is 1. The molecule has 1 amide bonds. The Morgan fingerprint density at radius 2 is 1.94 bits per heavy atom. The molecular weight excluding hydrogens is 392 g/mol. The summed E-state index contributed by atoms with van der Waals surface area (Å²) >= 11 is 0. The minimum Gasteiger partial charge on any atom is -0.494 e. The van der Waals surface area contributed by atoms with Gasteiger partial charge in [0.15, 0.2) is 5.65 Å². The first-order valence-electron chi connectivity index (χ1n) is 10.0. The fourth-order valence-electron chi connectivity index (χ4n) is 3.15. The number of ether oxygens (including phenoxy) is 1. The van der Waals surface area contributed by atoms with E-state index in [0.29, 0.717) is 23.8 Å². The number of amides is 1. The van der Waals surface area contributed by atoms with Crippen LogP contribution in [0.15, 0.2) is 61.1 Å². The van der Waals surface area contributed by atoms with Gasteiger partial charge in [0.2, 0.25) is 5.91 Å². The molecule has 8 nitrogen and oxygen atoms in total. The van der Waals surface area contributed by atoms with E-state index in [-0.39, 0.29) is 11.8 Å². The van der Waals surface area contributed by atoms with Crippen molar-refractivity contribution in [2.24, 2.45) is 5.92 Å². The molecule has 2 aromatic carbocycles.